The standard InChI is InChI=1S/C20H30N4O4/c1-15-18(28-14-21-15)20(26)22-7-4-17(5-8-22)24-6-2-3-16(13-24)19(25)23-9-11-27-12-10-23/h14,16-17H,2-13H2,1H3/t16-/m1/s1. The molecule has 4 heterocycles. The number of aromatic nitrogens is 1. The topological polar surface area (TPSA) is 79.1 Å². The van der Waals surface area contributed by atoms with E-state index in [1.54, 1.807) is 6.92 Å². The molecule has 28 heavy (non-hydrogen) atoms. The second-order valence-electron chi connectivity index (χ2n) is 8.06. The number of hydrogen-bond donors (Lipinski definition) is 0. The van der Waals surface area contributed by atoms with Gasteiger partial charge in [-0.2, -0.15) is 0 Å². The zero-order chi connectivity index (χ0) is 19.5. The van der Waals surface area contributed by atoms with Crippen LogP contribution in [-0.4, -0.2) is 90.0 Å². The Labute approximate surface area is 165 Å². The van der Waals surface area contributed by atoms with Gasteiger partial charge in [-0.3, -0.25) is 14.5 Å². The maximum atomic E-state index is 12.9. The van der Waals surface area contributed by atoms with E-state index in [9.17, 15) is 9.59 Å². The molecule has 0 spiro atoms. The molecule has 8 heteroatoms. The average molecular weight is 390 g/mol. The Balaban J connectivity index is 1.30. The third-order valence-electron chi connectivity index (χ3n) is 6.33. The lowest BCUT2D eigenvalue weighted by Gasteiger charge is -2.42. The van der Waals surface area contributed by atoms with Crippen LogP contribution in [-0.2, 0) is 9.53 Å². The first-order chi connectivity index (χ1) is 13.6. The molecule has 0 unspecified atom stereocenters. The van der Waals surface area contributed by atoms with Gasteiger partial charge < -0.3 is 19.0 Å². The van der Waals surface area contributed by atoms with Crippen LogP contribution in [0.15, 0.2) is 10.8 Å². The molecule has 4 rings (SSSR count). The van der Waals surface area contributed by atoms with Crippen LogP contribution in [0.1, 0.15) is 41.9 Å². The number of rotatable bonds is 3. The van der Waals surface area contributed by atoms with E-state index in [0.29, 0.717) is 36.6 Å². The molecule has 0 saturated carbocycles. The first-order valence-electron chi connectivity index (χ1n) is 10.4. The number of hydrogen-bond acceptors (Lipinski definition) is 6. The van der Waals surface area contributed by atoms with Crippen LogP contribution in [0.4, 0.5) is 0 Å². The number of amides is 2. The number of carbonyl (C=O) groups excluding carboxylic acids is 2. The monoisotopic (exact) mass is 390 g/mol. The second kappa shape index (κ2) is 8.61. The van der Waals surface area contributed by atoms with Crippen molar-refractivity contribution in [3.63, 3.8) is 0 Å². The number of ether oxygens (including phenoxy) is 1. The molecular formula is C20H30N4O4. The van der Waals surface area contributed by atoms with Crippen molar-refractivity contribution in [1.82, 2.24) is 19.7 Å². The van der Waals surface area contributed by atoms with Crippen LogP contribution in [0.5, 0.6) is 0 Å². The SMILES string of the molecule is Cc1ncoc1C(=O)N1CCC(N2CCC[C@@H](C(=O)N3CCOCC3)C2)CC1. The molecule has 1 aromatic heterocycles. The number of oxazole rings is 1. The molecule has 0 bridgehead atoms. The molecule has 8 nitrogen and oxygen atoms in total. The van der Waals surface area contributed by atoms with Gasteiger partial charge in [0.15, 0.2) is 6.39 Å². The van der Waals surface area contributed by atoms with Gasteiger partial charge in [-0.25, -0.2) is 4.98 Å². The first kappa shape index (κ1) is 19.4. The summed E-state index contributed by atoms with van der Waals surface area (Å²) in [5.41, 5.74) is 0.646. The molecular weight excluding hydrogens is 360 g/mol. The predicted molar refractivity (Wildman–Crippen MR) is 102 cm³/mol. The highest BCUT2D eigenvalue weighted by Crippen LogP contribution is 2.26. The van der Waals surface area contributed by atoms with Crippen molar-refractivity contribution in [2.75, 3.05) is 52.5 Å². The van der Waals surface area contributed by atoms with Crippen LogP contribution >= 0.6 is 0 Å². The summed E-state index contributed by atoms with van der Waals surface area (Å²) in [6.07, 6.45) is 5.26. The fourth-order valence-corrected chi connectivity index (χ4v) is 4.67. The van der Waals surface area contributed by atoms with Gasteiger partial charge in [-0.1, -0.05) is 0 Å². The molecule has 0 aliphatic carbocycles. The van der Waals surface area contributed by atoms with E-state index < -0.39 is 0 Å². The molecule has 3 aliphatic rings. The van der Waals surface area contributed by atoms with Gasteiger partial charge in [0.25, 0.3) is 5.91 Å². The minimum absolute atomic E-state index is 0.0625. The van der Waals surface area contributed by atoms with Gasteiger partial charge in [0.1, 0.15) is 0 Å². The van der Waals surface area contributed by atoms with Crippen molar-refractivity contribution in [3.05, 3.63) is 17.8 Å². The van der Waals surface area contributed by atoms with E-state index >= 15 is 0 Å². The van der Waals surface area contributed by atoms with Gasteiger partial charge in [0, 0.05) is 38.8 Å². The van der Waals surface area contributed by atoms with E-state index in [1.165, 1.54) is 6.39 Å². The molecule has 0 radical (unpaired) electrons. The molecule has 154 valence electrons. The summed E-state index contributed by atoms with van der Waals surface area (Å²) >= 11 is 0. The second-order valence-corrected chi connectivity index (χ2v) is 8.06. The Morgan fingerprint density at radius 1 is 1.04 bits per heavy atom. The highest BCUT2D eigenvalue weighted by atomic mass is 16.5. The average Bonchev–Trinajstić information content (AvgIpc) is 3.19. The number of piperidine rings is 2. The maximum Gasteiger partial charge on any atom is 0.291 e. The van der Waals surface area contributed by atoms with Crippen LogP contribution < -0.4 is 0 Å². The van der Waals surface area contributed by atoms with Crippen molar-refractivity contribution >= 4 is 11.8 Å². The summed E-state index contributed by atoms with van der Waals surface area (Å²) in [5, 5.41) is 0. The molecule has 1 aromatic rings. The molecule has 3 saturated heterocycles. The number of nitrogens with zero attached hydrogens (tertiary/aromatic N) is 4. The van der Waals surface area contributed by atoms with E-state index in [-0.39, 0.29) is 11.8 Å². The fraction of sp³-hybridized carbons (Fsp3) is 0.750. The van der Waals surface area contributed by atoms with Gasteiger partial charge in [0.2, 0.25) is 11.7 Å². The van der Waals surface area contributed by atoms with Crippen molar-refractivity contribution in [3.8, 4) is 0 Å². The zero-order valence-electron chi connectivity index (χ0n) is 16.6. The molecule has 0 aromatic carbocycles. The van der Waals surface area contributed by atoms with Crippen molar-refractivity contribution < 1.29 is 18.7 Å². The van der Waals surface area contributed by atoms with E-state index in [4.69, 9.17) is 9.15 Å². The summed E-state index contributed by atoms with van der Waals surface area (Å²) in [4.78, 5) is 35.8. The van der Waals surface area contributed by atoms with Gasteiger partial charge in [0.05, 0.1) is 24.8 Å². The van der Waals surface area contributed by atoms with E-state index in [2.05, 4.69) is 9.88 Å². The molecule has 1 atom stereocenters. The van der Waals surface area contributed by atoms with Crippen molar-refractivity contribution in [1.29, 1.82) is 0 Å². The minimum Gasteiger partial charge on any atom is -0.438 e. The quantitative estimate of drug-likeness (QED) is 0.771. The Morgan fingerprint density at radius 3 is 2.46 bits per heavy atom. The Hall–Kier alpha value is -1.93. The van der Waals surface area contributed by atoms with E-state index in [0.717, 1.165) is 65.0 Å². The smallest absolute Gasteiger partial charge is 0.291 e. The predicted octanol–water partition coefficient (Wildman–Crippen LogP) is 1.16. The summed E-state index contributed by atoms with van der Waals surface area (Å²) in [6.45, 7) is 7.88. The largest absolute Gasteiger partial charge is 0.438 e. The van der Waals surface area contributed by atoms with Crippen LogP contribution in [0.3, 0.4) is 0 Å². The molecule has 3 fully saturated rings. The maximum absolute atomic E-state index is 12.9. The van der Waals surface area contributed by atoms with Crippen LogP contribution in [0, 0.1) is 12.8 Å². The zero-order valence-corrected chi connectivity index (χ0v) is 16.6. The first-order valence-corrected chi connectivity index (χ1v) is 10.4. The lowest BCUT2D eigenvalue weighted by atomic mass is 9.92. The molecule has 0 N–H and O–H groups in total. The normalized spacial score (nSPS) is 25.1. The highest BCUT2D eigenvalue weighted by Gasteiger charge is 2.35. The lowest BCUT2D eigenvalue weighted by molar-refractivity contribution is -0.141. The van der Waals surface area contributed by atoms with Gasteiger partial charge >= 0.3 is 0 Å². The summed E-state index contributed by atoms with van der Waals surface area (Å²) in [5.74, 6) is 0.685. The summed E-state index contributed by atoms with van der Waals surface area (Å²) in [6, 6.07) is 0.445. The summed E-state index contributed by atoms with van der Waals surface area (Å²) < 4.78 is 10.6. The number of carbonyl (C=O) groups is 2. The fourth-order valence-electron chi connectivity index (χ4n) is 4.67. The third-order valence-corrected chi connectivity index (χ3v) is 6.33. The van der Waals surface area contributed by atoms with E-state index in [1.807, 2.05) is 9.80 Å². The van der Waals surface area contributed by atoms with Crippen molar-refractivity contribution in [2.45, 2.75) is 38.6 Å². The number of likely N-dealkylation sites (tertiary alicyclic amines) is 2. The van der Waals surface area contributed by atoms with Gasteiger partial charge in [-0.05, 0) is 39.2 Å². The van der Waals surface area contributed by atoms with Crippen LogP contribution in [0.25, 0.3) is 0 Å². The Kier molecular flexibility index (Phi) is 5.96. The Bertz CT molecular complexity index is 692. The highest BCUT2D eigenvalue weighted by molar-refractivity contribution is 5.92. The number of aryl methyl sites for hydroxylation is 1. The lowest BCUT2D eigenvalue weighted by Crippen LogP contribution is -2.53. The Morgan fingerprint density at radius 2 is 1.79 bits per heavy atom. The summed E-state index contributed by atoms with van der Waals surface area (Å²) in [7, 11) is 0. The van der Waals surface area contributed by atoms with Crippen LogP contribution in [0.2, 0.25) is 0 Å². The number of morpholine rings is 1. The third kappa shape index (κ3) is 4.07. The molecule has 3 aliphatic heterocycles. The van der Waals surface area contributed by atoms with Crippen molar-refractivity contribution in [2.24, 2.45) is 5.92 Å². The minimum atomic E-state index is -0.0625. The molecule has 2 amide bonds. The van der Waals surface area contributed by atoms with Gasteiger partial charge in [-0.15, -0.1) is 0 Å².